The Labute approximate surface area is 135 Å². The van der Waals surface area contributed by atoms with Crippen LogP contribution in [0.1, 0.15) is 30.7 Å². The number of fused-ring (bicyclic) bond motifs is 1. The van der Waals surface area contributed by atoms with Crippen LogP contribution in [0.4, 0.5) is 0 Å². The van der Waals surface area contributed by atoms with Crippen LogP contribution in [-0.2, 0) is 17.8 Å². The Hall–Kier alpha value is -2.43. The molecule has 0 saturated carbocycles. The number of aryl methyl sites for hydroxylation is 1. The van der Waals surface area contributed by atoms with Crippen molar-refractivity contribution in [1.29, 1.82) is 0 Å². The summed E-state index contributed by atoms with van der Waals surface area (Å²) in [5, 5.41) is 0. The summed E-state index contributed by atoms with van der Waals surface area (Å²) in [7, 11) is 0. The van der Waals surface area contributed by atoms with E-state index in [1.807, 2.05) is 45.0 Å². The molecule has 0 atom stereocenters. The lowest BCUT2D eigenvalue weighted by Crippen LogP contribution is -2.41. The molecular formula is C18H21N3O2. The van der Waals surface area contributed by atoms with Crippen LogP contribution in [-0.4, -0.2) is 27.3 Å². The second kappa shape index (κ2) is 5.99. The van der Waals surface area contributed by atoms with Crippen LogP contribution < -0.4 is 5.56 Å². The molecule has 5 nitrogen and oxygen atoms in total. The molecule has 0 radical (unpaired) electrons. The number of nitrogens with zero attached hydrogens (tertiary/aromatic N) is 2. The van der Waals surface area contributed by atoms with Gasteiger partial charge in [0, 0.05) is 24.4 Å². The summed E-state index contributed by atoms with van der Waals surface area (Å²) in [6.45, 7) is 6.73. The Bertz CT molecular complexity index is 808. The monoisotopic (exact) mass is 311 g/mol. The van der Waals surface area contributed by atoms with E-state index in [-0.39, 0.29) is 17.4 Å². The fourth-order valence-electron chi connectivity index (χ4n) is 2.91. The Morgan fingerprint density at radius 3 is 2.83 bits per heavy atom. The van der Waals surface area contributed by atoms with E-state index in [0.717, 1.165) is 16.8 Å². The number of amides is 1. The lowest BCUT2D eigenvalue weighted by Gasteiger charge is -2.29. The molecule has 1 aromatic heterocycles. The average molecular weight is 311 g/mol. The van der Waals surface area contributed by atoms with E-state index in [0.29, 0.717) is 30.9 Å². The molecule has 0 saturated heterocycles. The number of benzene rings is 1. The van der Waals surface area contributed by atoms with E-state index in [1.165, 1.54) is 0 Å². The number of carbonyl (C=O) groups is 1. The predicted molar refractivity (Wildman–Crippen MR) is 89.0 cm³/mol. The number of rotatable bonds is 2. The van der Waals surface area contributed by atoms with E-state index in [9.17, 15) is 9.59 Å². The van der Waals surface area contributed by atoms with Crippen LogP contribution in [0.3, 0.4) is 0 Å². The quantitative estimate of drug-likeness (QED) is 0.925. The van der Waals surface area contributed by atoms with Crippen molar-refractivity contribution in [1.82, 2.24) is 14.9 Å². The smallest absolute Gasteiger partial charge is 0.256 e. The molecule has 0 fully saturated rings. The van der Waals surface area contributed by atoms with Gasteiger partial charge in [-0.2, -0.15) is 0 Å². The number of aromatic amines is 1. The predicted octanol–water partition coefficient (Wildman–Crippen LogP) is 2.29. The van der Waals surface area contributed by atoms with Gasteiger partial charge in [-0.15, -0.1) is 0 Å². The highest BCUT2D eigenvalue weighted by Crippen LogP contribution is 2.20. The first-order chi connectivity index (χ1) is 11.0. The summed E-state index contributed by atoms with van der Waals surface area (Å²) in [4.78, 5) is 33.8. The molecule has 1 N–H and O–H groups in total. The van der Waals surface area contributed by atoms with E-state index in [4.69, 9.17) is 0 Å². The molecule has 120 valence electrons. The highest BCUT2D eigenvalue weighted by Gasteiger charge is 2.25. The zero-order valence-electron chi connectivity index (χ0n) is 13.7. The lowest BCUT2D eigenvalue weighted by atomic mass is 10.0. The van der Waals surface area contributed by atoms with Crippen molar-refractivity contribution >= 4 is 5.91 Å². The number of H-pyrrole nitrogens is 1. The molecule has 1 aliphatic rings. The van der Waals surface area contributed by atoms with Crippen LogP contribution in [0, 0.1) is 12.8 Å². The third-order valence-corrected chi connectivity index (χ3v) is 4.17. The van der Waals surface area contributed by atoms with E-state index < -0.39 is 0 Å². The number of carbonyl (C=O) groups excluding carboxylic acids is 1. The first-order valence-corrected chi connectivity index (χ1v) is 7.93. The summed E-state index contributed by atoms with van der Waals surface area (Å²) >= 11 is 0. The number of hydrogen-bond donors (Lipinski definition) is 1. The van der Waals surface area contributed by atoms with Gasteiger partial charge >= 0.3 is 0 Å². The van der Waals surface area contributed by atoms with E-state index in [1.54, 1.807) is 4.90 Å². The van der Waals surface area contributed by atoms with Crippen LogP contribution in [0.25, 0.3) is 11.4 Å². The minimum atomic E-state index is -0.146. The Balaban J connectivity index is 1.96. The summed E-state index contributed by atoms with van der Waals surface area (Å²) in [5.74, 6) is 0.619. The number of hydrogen-bond acceptors (Lipinski definition) is 3. The van der Waals surface area contributed by atoms with Crippen molar-refractivity contribution in [3.63, 3.8) is 0 Å². The maximum absolute atomic E-state index is 12.4. The molecule has 1 amide bonds. The topological polar surface area (TPSA) is 66.1 Å². The molecule has 2 heterocycles. The third-order valence-electron chi connectivity index (χ3n) is 4.17. The molecule has 1 aromatic carbocycles. The van der Waals surface area contributed by atoms with Gasteiger partial charge in [-0.25, -0.2) is 4.98 Å². The molecule has 0 unspecified atom stereocenters. The molecular weight excluding hydrogens is 290 g/mol. The third kappa shape index (κ3) is 3.04. The zero-order chi connectivity index (χ0) is 16.6. The number of nitrogens with one attached hydrogen (secondary N) is 1. The maximum atomic E-state index is 12.4. The maximum Gasteiger partial charge on any atom is 0.256 e. The van der Waals surface area contributed by atoms with Gasteiger partial charge in [-0.05, 0) is 13.0 Å². The first kappa shape index (κ1) is 15.5. The molecule has 0 spiro atoms. The van der Waals surface area contributed by atoms with Crippen molar-refractivity contribution in [2.24, 2.45) is 5.92 Å². The summed E-state index contributed by atoms with van der Waals surface area (Å²) in [5.41, 5.74) is 3.30. The Morgan fingerprint density at radius 2 is 2.13 bits per heavy atom. The SMILES string of the molecule is Cc1cccc(-c2nc3c(c(=O)[nH]2)CN(C(=O)C(C)C)CC3)c1. The molecule has 0 aliphatic carbocycles. The van der Waals surface area contributed by atoms with Crippen molar-refractivity contribution < 1.29 is 4.79 Å². The van der Waals surface area contributed by atoms with Gasteiger partial charge in [-0.3, -0.25) is 9.59 Å². The highest BCUT2D eigenvalue weighted by atomic mass is 16.2. The Morgan fingerprint density at radius 1 is 1.35 bits per heavy atom. The second-order valence-corrected chi connectivity index (χ2v) is 6.37. The molecule has 2 aromatic rings. The fourth-order valence-corrected chi connectivity index (χ4v) is 2.91. The highest BCUT2D eigenvalue weighted by molar-refractivity contribution is 5.78. The van der Waals surface area contributed by atoms with Gasteiger partial charge in [0.05, 0.1) is 17.8 Å². The van der Waals surface area contributed by atoms with Crippen LogP contribution >= 0.6 is 0 Å². The molecule has 3 rings (SSSR count). The summed E-state index contributed by atoms with van der Waals surface area (Å²) in [6.07, 6.45) is 0.622. The molecule has 0 bridgehead atoms. The lowest BCUT2D eigenvalue weighted by molar-refractivity contribution is -0.135. The first-order valence-electron chi connectivity index (χ1n) is 7.93. The van der Waals surface area contributed by atoms with Gasteiger partial charge in [0.2, 0.25) is 5.91 Å². The zero-order valence-corrected chi connectivity index (χ0v) is 13.7. The largest absolute Gasteiger partial charge is 0.337 e. The minimum absolute atomic E-state index is 0.0600. The van der Waals surface area contributed by atoms with Gasteiger partial charge in [0.25, 0.3) is 5.56 Å². The van der Waals surface area contributed by atoms with Crippen LogP contribution in [0.15, 0.2) is 29.1 Å². The van der Waals surface area contributed by atoms with Crippen molar-refractivity contribution in [2.75, 3.05) is 6.54 Å². The molecule has 1 aliphatic heterocycles. The van der Waals surface area contributed by atoms with Crippen LogP contribution in [0.2, 0.25) is 0 Å². The fraction of sp³-hybridized carbons (Fsp3) is 0.389. The van der Waals surface area contributed by atoms with Crippen molar-refractivity contribution in [3.8, 4) is 11.4 Å². The van der Waals surface area contributed by atoms with Gasteiger partial charge in [0.1, 0.15) is 5.82 Å². The molecule has 23 heavy (non-hydrogen) atoms. The van der Waals surface area contributed by atoms with Crippen molar-refractivity contribution in [3.05, 3.63) is 51.4 Å². The van der Waals surface area contributed by atoms with Gasteiger partial charge in [0.15, 0.2) is 0 Å². The minimum Gasteiger partial charge on any atom is -0.337 e. The number of aromatic nitrogens is 2. The second-order valence-electron chi connectivity index (χ2n) is 6.37. The summed E-state index contributed by atoms with van der Waals surface area (Å²) in [6, 6.07) is 7.90. The van der Waals surface area contributed by atoms with Gasteiger partial charge in [-0.1, -0.05) is 37.6 Å². The standard InChI is InChI=1S/C18H21N3O2/c1-11(2)18(23)21-8-7-15-14(10-21)17(22)20-16(19-15)13-6-4-5-12(3)9-13/h4-6,9,11H,7-8,10H2,1-3H3,(H,19,20,22). The van der Waals surface area contributed by atoms with Crippen LogP contribution in [0.5, 0.6) is 0 Å². The summed E-state index contributed by atoms with van der Waals surface area (Å²) < 4.78 is 0. The van der Waals surface area contributed by atoms with Crippen molar-refractivity contribution in [2.45, 2.75) is 33.7 Å². The normalized spacial score (nSPS) is 14.0. The van der Waals surface area contributed by atoms with Gasteiger partial charge < -0.3 is 9.88 Å². The molecule has 5 heteroatoms. The Kier molecular flexibility index (Phi) is 4.03. The average Bonchev–Trinajstić information content (AvgIpc) is 2.53. The van der Waals surface area contributed by atoms with E-state index in [2.05, 4.69) is 9.97 Å². The van der Waals surface area contributed by atoms with E-state index >= 15 is 0 Å².